The van der Waals surface area contributed by atoms with Gasteiger partial charge in [-0.25, -0.2) is 4.98 Å². The average molecular weight is 721 g/mol. The third kappa shape index (κ3) is 6.13. The monoisotopic (exact) mass is 718 g/mol. The van der Waals surface area contributed by atoms with Crippen LogP contribution in [-0.4, -0.2) is 28.4 Å². The summed E-state index contributed by atoms with van der Waals surface area (Å²) in [4.78, 5) is 31.1. The minimum Gasteiger partial charge on any atom is -0.482 e. The molecule has 43 heavy (non-hydrogen) atoms. The lowest BCUT2D eigenvalue weighted by Crippen LogP contribution is -2.21. The summed E-state index contributed by atoms with van der Waals surface area (Å²) in [5.41, 5.74) is 2.81. The van der Waals surface area contributed by atoms with E-state index in [9.17, 15) is 9.59 Å². The van der Waals surface area contributed by atoms with Crippen LogP contribution >= 0.6 is 43.5 Å². The van der Waals surface area contributed by atoms with Gasteiger partial charge in [0.2, 0.25) is 5.82 Å². The molecule has 8 nitrogen and oxygen atoms in total. The summed E-state index contributed by atoms with van der Waals surface area (Å²) in [6.45, 7) is 1.63. The number of fused-ring (bicyclic) bond motifs is 2. The molecule has 1 N–H and O–H groups in total. The van der Waals surface area contributed by atoms with Crippen molar-refractivity contribution in [3.05, 3.63) is 120 Å². The maximum absolute atomic E-state index is 13.7. The highest BCUT2D eigenvalue weighted by molar-refractivity contribution is 9.10. The molecule has 6 aromatic rings. The van der Waals surface area contributed by atoms with Crippen molar-refractivity contribution in [3.63, 3.8) is 0 Å². The van der Waals surface area contributed by atoms with Gasteiger partial charge in [-0.15, -0.1) is 0 Å². The maximum Gasteiger partial charge on any atom is 0.282 e. The Morgan fingerprint density at radius 2 is 1.86 bits per heavy atom. The van der Waals surface area contributed by atoms with Gasteiger partial charge in [0.1, 0.15) is 11.3 Å². The minimum absolute atomic E-state index is 0.216. The van der Waals surface area contributed by atoms with Crippen molar-refractivity contribution in [2.45, 2.75) is 6.92 Å². The normalized spacial score (nSPS) is 11.4. The summed E-state index contributed by atoms with van der Waals surface area (Å²) in [5, 5.41) is 9.00. The smallest absolute Gasteiger partial charge is 0.282 e. The lowest BCUT2D eigenvalue weighted by atomic mass is 10.2. The second-order valence-corrected chi connectivity index (χ2v) is 11.8. The van der Waals surface area contributed by atoms with Gasteiger partial charge in [0, 0.05) is 26.1 Å². The van der Waals surface area contributed by atoms with Crippen LogP contribution in [0.25, 0.3) is 33.5 Å². The Morgan fingerprint density at radius 1 is 1.07 bits per heavy atom. The van der Waals surface area contributed by atoms with Gasteiger partial charge < -0.3 is 14.5 Å². The summed E-state index contributed by atoms with van der Waals surface area (Å²) in [5.74, 6) is 0.566. The number of halogens is 3. The summed E-state index contributed by atoms with van der Waals surface area (Å²) < 4.78 is 14.6. The molecule has 0 saturated heterocycles. The van der Waals surface area contributed by atoms with Gasteiger partial charge in [0.05, 0.1) is 21.6 Å². The highest BCUT2D eigenvalue weighted by Gasteiger charge is 2.18. The van der Waals surface area contributed by atoms with Gasteiger partial charge in [-0.05, 0) is 83.0 Å². The van der Waals surface area contributed by atoms with E-state index in [0.717, 1.165) is 15.4 Å². The van der Waals surface area contributed by atoms with E-state index in [-0.39, 0.29) is 23.9 Å². The molecule has 11 heteroatoms. The number of furan rings is 1. The second kappa shape index (κ2) is 12.2. The van der Waals surface area contributed by atoms with E-state index in [1.54, 1.807) is 36.4 Å². The first kappa shape index (κ1) is 28.9. The number of carbonyl (C=O) groups is 1. The molecule has 2 aromatic heterocycles. The first-order valence-electron chi connectivity index (χ1n) is 13.0. The van der Waals surface area contributed by atoms with Crippen LogP contribution in [0.4, 0.5) is 5.69 Å². The fourth-order valence-corrected chi connectivity index (χ4v) is 5.83. The molecular weight excluding hydrogens is 700 g/mol. The molecule has 1 amide bonds. The van der Waals surface area contributed by atoms with E-state index in [1.165, 1.54) is 10.9 Å². The average Bonchev–Trinajstić information content (AvgIpc) is 3.40. The molecule has 6 rings (SSSR count). The molecule has 0 bridgehead atoms. The quantitative estimate of drug-likeness (QED) is 0.168. The van der Waals surface area contributed by atoms with Crippen molar-refractivity contribution >= 4 is 83.1 Å². The van der Waals surface area contributed by atoms with Crippen molar-refractivity contribution in [2.75, 3.05) is 11.9 Å². The van der Waals surface area contributed by atoms with E-state index in [1.807, 2.05) is 55.5 Å². The second-order valence-electron chi connectivity index (χ2n) is 9.56. The summed E-state index contributed by atoms with van der Waals surface area (Å²) in [6, 6.07) is 25.2. The summed E-state index contributed by atoms with van der Waals surface area (Å²) in [7, 11) is 0. The van der Waals surface area contributed by atoms with Crippen molar-refractivity contribution in [2.24, 2.45) is 5.10 Å². The van der Waals surface area contributed by atoms with Gasteiger partial charge in [-0.3, -0.25) is 9.59 Å². The molecule has 0 radical (unpaired) electrons. The lowest BCUT2D eigenvalue weighted by Gasteiger charge is -2.13. The number of nitrogens with zero attached hydrogens (tertiary/aromatic N) is 3. The Hall–Kier alpha value is -4.25. The highest BCUT2D eigenvalue weighted by Crippen LogP contribution is 2.33. The molecule has 0 aliphatic rings. The van der Waals surface area contributed by atoms with Crippen LogP contribution < -0.4 is 15.6 Å². The number of ether oxygens (including phenoxy) is 1. The third-order valence-electron chi connectivity index (χ3n) is 6.57. The van der Waals surface area contributed by atoms with Crippen LogP contribution in [0.2, 0.25) is 5.02 Å². The van der Waals surface area contributed by atoms with Crippen LogP contribution in [-0.2, 0) is 4.79 Å². The lowest BCUT2D eigenvalue weighted by molar-refractivity contribution is -0.118. The fraction of sp³-hybridized carbons (Fsp3) is 0.0625. The zero-order chi connectivity index (χ0) is 30.1. The number of aromatic nitrogens is 2. The number of rotatable bonds is 7. The van der Waals surface area contributed by atoms with Crippen LogP contribution in [0.3, 0.4) is 0 Å². The predicted molar refractivity (Wildman–Crippen MR) is 176 cm³/mol. The summed E-state index contributed by atoms with van der Waals surface area (Å²) in [6.07, 6.45) is 1.44. The van der Waals surface area contributed by atoms with E-state index < -0.39 is 0 Å². The topological polar surface area (TPSA) is 98.7 Å². The largest absolute Gasteiger partial charge is 0.482 e. The first-order valence-corrected chi connectivity index (χ1v) is 15.0. The molecule has 0 unspecified atom stereocenters. The number of anilines is 1. The Labute approximate surface area is 267 Å². The van der Waals surface area contributed by atoms with Crippen LogP contribution in [0, 0.1) is 6.92 Å². The first-order chi connectivity index (χ1) is 20.8. The van der Waals surface area contributed by atoms with Gasteiger partial charge in [0.15, 0.2) is 12.4 Å². The molecule has 0 saturated carbocycles. The molecule has 0 atom stereocenters. The maximum atomic E-state index is 13.7. The number of hydrogen-bond acceptors (Lipinski definition) is 6. The van der Waals surface area contributed by atoms with E-state index >= 15 is 0 Å². The number of benzene rings is 4. The van der Waals surface area contributed by atoms with Crippen molar-refractivity contribution < 1.29 is 13.9 Å². The molecule has 0 fully saturated rings. The van der Waals surface area contributed by atoms with Crippen molar-refractivity contribution in [3.8, 4) is 17.3 Å². The fourth-order valence-electron chi connectivity index (χ4n) is 4.50. The Bertz CT molecular complexity index is 2120. The molecule has 0 aliphatic heterocycles. The minimum atomic E-state index is -0.389. The predicted octanol–water partition coefficient (Wildman–Crippen LogP) is 8.20. The van der Waals surface area contributed by atoms with E-state index in [2.05, 4.69) is 42.3 Å². The van der Waals surface area contributed by atoms with Crippen LogP contribution in [0.15, 0.2) is 108 Å². The zero-order valence-corrected chi connectivity index (χ0v) is 26.4. The van der Waals surface area contributed by atoms with Gasteiger partial charge in [-0.2, -0.15) is 9.78 Å². The van der Waals surface area contributed by atoms with Crippen molar-refractivity contribution in [1.82, 2.24) is 9.66 Å². The standard InChI is InChI=1S/C32H21Br2ClN4O4/c1-18-6-2-4-8-25(18)37-29(40)17-42-30-20(13-22(35)15-24(30)34)16-36-39-31(38-26-9-5-3-7-23(26)32(39)41)28-14-19-12-21(33)10-11-27(19)43-28/h2-16H,17H2,1H3,(H,37,40). The Balaban J connectivity index is 1.39. The Kier molecular flexibility index (Phi) is 8.16. The van der Waals surface area contributed by atoms with E-state index in [0.29, 0.717) is 48.7 Å². The SMILES string of the molecule is Cc1ccccc1NC(=O)COc1c(Br)cc(Cl)cc1C=Nn1c(-c2cc3cc(Br)ccc3o2)nc2ccccc2c1=O. The van der Waals surface area contributed by atoms with Gasteiger partial charge in [-0.1, -0.05) is 57.9 Å². The number of nitrogens with one attached hydrogen (secondary N) is 1. The van der Waals surface area contributed by atoms with Crippen LogP contribution in [0.5, 0.6) is 5.75 Å². The molecule has 0 spiro atoms. The van der Waals surface area contributed by atoms with Crippen molar-refractivity contribution in [1.29, 1.82) is 0 Å². The number of carbonyl (C=O) groups excluding carboxylic acids is 1. The number of para-hydroxylation sites is 2. The zero-order valence-electron chi connectivity index (χ0n) is 22.5. The number of aryl methyl sites for hydroxylation is 1. The molecule has 2 heterocycles. The van der Waals surface area contributed by atoms with Gasteiger partial charge >= 0.3 is 0 Å². The highest BCUT2D eigenvalue weighted by atomic mass is 79.9. The molecule has 0 aliphatic carbocycles. The molecule has 4 aromatic carbocycles. The summed E-state index contributed by atoms with van der Waals surface area (Å²) >= 11 is 13.3. The van der Waals surface area contributed by atoms with Crippen LogP contribution in [0.1, 0.15) is 11.1 Å². The molecular formula is C32H21Br2ClN4O4. The number of hydrogen-bond donors (Lipinski definition) is 1. The molecule has 214 valence electrons. The number of amides is 1. The van der Waals surface area contributed by atoms with E-state index in [4.69, 9.17) is 25.7 Å². The Morgan fingerprint density at radius 3 is 2.70 bits per heavy atom. The van der Waals surface area contributed by atoms with Gasteiger partial charge in [0.25, 0.3) is 11.5 Å². The third-order valence-corrected chi connectivity index (χ3v) is 7.87.